The van der Waals surface area contributed by atoms with Crippen molar-refractivity contribution >= 4 is 18.0 Å². The predicted octanol–water partition coefficient (Wildman–Crippen LogP) is 2.23. The molecule has 1 heterocycles. The minimum absolute atomic E-state index is 0.000666. The second kappa shape index (κ2) is 11.7. The van der Waals surface area contributed by atoms with Crippen molar-refractivity contribution in [2.24, 2.45) is 0 Å². The Morgan fingerprint density at radius 2 is 2.10 bits per heavy atom. The molecule has 0 spiro atoms. The maximum Gasteiger partial charge on any atom is 0.344 e. The van der Waals surface area contributed by atoms with Crippen molar-refractivity contribution in [3.05, 3.63) is 29.3 Å². The Morgan fingerprint density at radius 3 is 2.76 bits per heavy atom. The maximum atomic E-state index is 12.3. The van der Waals surface area contributed by atoms with Crippen molar-refractivity contribution in [3.63, 3.8) is 0 Å². The molecule has 1 fully saturated rings. The smallest absolute Gasteiger partial charge is 0.344 e. The molecule has 1 saturated heterocycles. The number of nitrogens with zero attached hydrogens (tertiary/aromatic N) is 1. The number of esters is 1. The third-order valence-electron chi connectivity index (χ3n) is 4.11. The number of rotatable bonds is 10. The fraction of sp³-hybridized carbons (Fsp3) is 0.476. The standard InChI is InChI=1S/C21H26N2O6/c1-3-26-19-11-15(7-8-18(19)29-14-20(24)27-4-2)10-16(12-22)21(25)23-13-17-6-5-9-28-17/h7-8,10-11,17H,3-6,9,13-14H2,1-2H3,(H,23,25)/b16-10-. The van der Waals surface area contributed by atoms with Crippen molar-refractivity contribution in [2.75, 3.05) is 33.0 Å². The number of carbonyl (C=O) groups excluding carboxylic acids is 2. The lowest BCUT2D eigenvalue weighted by Crippen LogP contribution is -2.32. The Kier molecular flexibility index (Phi) is 8.99. The van der Waals surface area contributed by atoms with Gasteiger partial charge in [0.25, 0.3) is 5.91 Å². The summed E-state index contributed by atoms with van der Waals surface area (Å²) < 4.78 is 21.3. The lowest BCUT2D eigenvalue weighted by atomic mass is 10.1. The van der Waals surface area contributed by atoms with Gasteiger partial charge < -0.3 is 24.3 Å². The zero-order valence-corrected chi connectivity index (χ0v) is 16.7. The highest BCUT2D eigenvalue weighted by Gasteiger charge is 2.18. The molecule has 1 unspecified atom stereocenters. The van der Waals surface area contributed by atoms with Crippen LogP contribution < -0.4 is 14.8 Å². The molecule has 1 aliphatic rings. The van der Waals surface area contributed by atoms with Crippen LogP contribution in [-0.2, 0) is 19.1 Å². The summed E-state index contributed by atoms with van der Waals surface area (Å²) in [5, 5.41) is 12.1. The number of nitrogens with one attached hydrogen (secondary N) is 1. The molecule has 29 heavy (non-hydrogen) atoms. The summed E-state index contributed by atoms with van der Waals surface area (Å²) in [6.07, 6.45) is 3.35. The lowest BCUT2D eigenvalue weighted by molar-refractivity contribution is -0.145. The second-order valence-electron chi connectivity index (χ2n) is 6.25. The third-order valence-corrected chi connectivity index (χ3v) is 4.11. The molecular weight excluding hydrogens is 376 g/mol. The molecule has 1 amide bonds. The second-order valence-corrected chi connectivity index (χ2v) is 6.25. The number of benzene rings is 1. The highest BCUT2D eigenvalue weighted by Crippen LogP contribution is 2.29. The van der Waals surface area contributed by atoms with Crippen LogP contribution in [0.4, 0.5) is 0 Å². The fourth-order valence-electron chi connectivity index (χ4n) is 2.76. The van der Waals surface area contributed by atoms with E-state index < -0.39 is 11.9 Å². The van der Waals surface area contributed by atoms with E-state index in [1.54, 1.807) is 25.1 Å². The molecule has 0 bridgehead atoms. The SMILES string of the molecule is CCOC(=O)COc1ccc(/C=C(/C#N)C(=O)NCC2CCCO2)cc1OCC. The first-order valence-corrected chi connectivity index (χ1v) is 9.64. The van der Waals surface area contributed by atoms with Crippen molar-refractivity contribution in [1.29, 1.82) is 5.26 Å². The van der Waals surface area contributed by atoms with E-state index in [1.165, 1.54) is 6.08 Å². The molecule has 1 aromatic carbocycles. The van der Waals surface area contributed by atoms with Crippen molar-refractivity contribution in [1.82, 2.24) is 5.32 Å². The lowest BCUT2D eigenvalue weighted by Gasteiger charge is -2.12. The Bertz CT molecular complexity index is 778. The van der Waals surface area contributed by atoms with E-state index in [4.69, 9.17) is 18.9 Å². The molecule has 0 aliphatic carbocycles. The van der Waals surface area contributed by atoms with Crippen LogP contribution in [0, 0.1) is 11.3 Å². The van der Waals surface area contributed by atoms with Crippen LogP contribution in [0.5, 0.6) is 11.5 Å². The van der Waals surface area contributed by atoms with Crippen LogP contribution in [0.25, 0.3) is 6.08 Å². The van der Waals surface area contributed by atoms with Gasteiger partial charge in [0, 0.05) is 13.2 Å². The summed E-state index contributed by atoms with van der Waals surface area (Å²) in [6, 6.07) is 6.86. The largest absolute Gasteiger partial charge is 0.490 e. The number of hydrogen-bond acceptors (Lipinski definition) is 7. The first kappa shape index (κ1) is 22.2. The first-order valence-electron chi connectivity index (χ1n) is 9.64. The van der Waals surface area contributed by atoms with Crippen LogP contribution in [0.2, 0.25) is 0 Å². The van der Waals surface area contributed by atoms with Crippen LogP contribution in [0.1, 0.15) is 32.3 Å². The van der Waals surface area contributed by atoms with Gasteiger partial charge in [-0.25, -0.2) is 4.79 Å². The average molecular weight is 402 g/mol. The fourth-order valence-corrected chi connectivity index (χ4v) is 2.76. The highest BCUT2D eigenvalue weighted by molar-refractivity contribution is 6.01. The zero-order chi connectivity index (χ0) is 21.1. The van der Waals surface area contributed by atoms with Gasteiger partial charge in [-0.05, 0) is 50.5 Å². The molecule has 8 heteroatoms. The molecular formula is C21H26N2O6. The highest BCUT2D eigenvalue weighted by atomic mass is 16.6. The molecule has 0 saturated carbocycles. The van der Waals surface area contributed by atoms with Gasteiger partial charge in [0.15, 0.2) is 18.1 Å². The summed E-state index contributed by atoms with van der Waals surface area (Å²) >= 11 is 0. The van der Waals surface area contributed by atoms with Gasteiger partial charge in [-0.3, -0.25) is 4.79 Å². The maximum absolute atomic E-state index is 12.3. The van der Waals surface area contributed by atoms with Crippen LogP contribution in [0.3, 0.4) is 0 Å². The Hall–Kier alpha value is -3.05. The number of carbonyl (C=O) groups is 2. The van der Waals surface area contributed by atoms with Crippen molar-refractivity contribution in [2.45, 2.75) is 32.8 Å². The van der Waals surface area contributed by atoms with E-state index in [2.05, 4.69) is 5.32 Å². The number of nitriles is 1. The number of amides is 1. The minimum atomic E-state index is -0.478. The van der Waals surface area contributed by atoms with E-state index in [1.807, 2.05) is 13.0 Å². The van der Waals surface area contributed by atoms with E-state index >= 15 is 0 Å². The van der Waals surface area contributed by atoms with Gasteiger partial charge >= 0.3 is 5.97 Å². The quantitative estimate of drug-likeness (QED) is 0.363. The molecule has 156 valence electrons. The number of hydrogen-bond donors (Lipinski definition) is 1. The van der Waals surface area contributed by atoms with Gasteiger partial charge in [-0.1, -0.05) is 6.07 Å². The molecule has 8 nitrogen and oxygen atoms in total. The zero-order valence-electron chi connectivity index (χ0n) is 16.7. The third kappa shape index (κ3) is 7.12. The summed E-state index contributed by atoms with van der Waals surface area (Å²) in [7, 11) is 0. The number of ether oxygens (including phenoxy) is 4. The summed E-state index contributed by atoms with van der Waals surface area (Å²) in [5.74, 6) is -0.154. The topological polar surface area (TPSA) is 107 Å². The Balaban J connectivity index is 2.08. The molecule has 1 aliphatic heterocycles. The van der Waals surface area contributed by atoms with E-state index in [0.717, 1.165) is 12.8 Å². The van der Waals surface area contributed by atoms with E-state index in [0.29, 0.717) is 36.8 Å². The van der Waals surface area contributed by atoms with Crippen molar-refractivity contribution in [3.8, 4) is 17.6 Å². The normalized spacial score (nSPS) is 16.0. The summed E-state index contributed by atoms with van der Waals surface area (Å²) in [4.78, 5) is 23.8. The van der Waals surface area contributed by atoms with Crippen LogP contribution in [0.15, 0.2) is 23.8 Å². The van der Waals surface area contributed by atoms with E-state index in [9.17, 15) is 14.9 Å². The van der Waals surface area contributed by atoms with Gasteiger partial charge in [0.05, 0.1) is 19.3 Å². The molecule has 1 N–H and O–H groups in total. The van der Waals surface area contributed by atoms with Crippen LogP contribution in [-0.4, -0.2) is 51.0 Å². The molecule has 0 radical (unpaired) electrons. The van der Waals surface area contributed by atoms with E-state index in [-0.39, 0.29) is 24.9 Å². The first-order chi connectivity index (χ1) is 14.1. The molecule has 0 aromatic heterocycles. The van der Waals surface area contributed by atoms with Crippen LogP contribution >= 0.6 is 0 Å². The summed E-state index contributed by atoms with van der Waals surface area (Å²) in [5.41, 5.74) is 0.575. The molecule has 1 aromatic rings. The average Bonchev–Trinajstić information content (AvgIpc) is 3.23. The van der Waals surface area contributed by atoms with Gasteiger partial charge in [-0.2, -0.15) is 5.26 Å². The van der Waals surface area contributed by atoms with Gasteiger partial charge in [0.2, 0.25) is 0 Å². The minimum Gasteiger partial charge on any atom is -0.490 e. The monoisotopic (exact) mass is 402 g/mol. The Morgan fingerprint density at radius 1 is 1.28 bits per heavy atom. The van der Waals surface area contributed by atoms with Gasteiger partial charge in [0.1, 0.15) is 11.6 Å². The van der Waals surface area contributed by atoms with Gasteiger partial charge in [-0.15, -0.1) is 0 Å². The van der Waals surface area contributed by atoms with Crippen molar-refractivity contribution < 1.29 is 28.5 Å². The molecule has 2 rings (SSSR count). The predicted molar refractivity (Wildman–Crippen MR) is 105 cm³/mol. The molecule has 1 atom stereocenters. The summed E-state index contributed by atoms with van der Waals surface area (Å²) in [6.45, 7) is 5.03. The Labute approximate surface area is 170 Å².